The van der Waals surface area contributed by atoms with Crippen LogP contribution in [-0.4, -0.2) is 39.6 Å². The Morgan fingerprint density at radius 2 is 1.78 bits per heavy atom. The van der Waals surface area contributed by atoms with Crippen molar-refractivity contribution in [1.29, 1.82) is 0 Å². The molecule has 10 heteroatoms. The SMILES string of the molecule is CCCN1CC(C(=O)O)n2c(c(-c3cccc(C(F)(F)F)c3)c(Cc3cccc4ccccc34)c(NCC3CCCC3)c2=O)S1. The Kier molecular flexibility index (Phi) is 8.97. The third-order valence-corrected chi connectivity index (χ3v) is 10.1. The lowest BCUT2D eigenvalue weighted by molar-refractivity contribution is -0.141. The fraction of sp³-hybridized carbons (Fsp3) is 0.371. The van der Waals surface area contributed by atoms with Crippen LogP contribution in [-0.2, 0) is 17.4 Å². The number of nitrogens with one attached hydrogen (secondary N) is 1. The van der Waals surface area contributed by atoms with E-state index in [-0.39, 0.29) is 18.7 Å². The van der Waals surface area contributed by atoms with Crippen LogP contribution in [0.3, 0.4) is 0 Å². The summed E-state index contributed by atoms with van der Waals surface area (Å²) in [7, 11) is 0. The van der Waals surface area contributed by atoms with E-state index in [1.54, 1.807) is 6.07 Å². The second kappa shape index (κ2) is 12.9. The van der Waals surface area contributed by atoms with Gasteiger partial charge in [0.1, 0.15) is 16.8 Å². The molecule has 1 atom stereocenters. The molecule has 1 unspecified atom stereocenters. The highest BCUT2D eigenvalue weighted by molar-refractivity contribution is 7.97. The van der Waals surface area contributed by atoms with Gasteiger partial charge in [-0.15, -0.1) is 0 Å². The van der Waals surface area contributed by atoms with E-state index in [1.807, 2.05) is 53.7 Å². The number of carbonyl (C=O) groups is 1. The molecule has 1 fully saturated rings. The highest BCUT2D eigenvalue weighted by Crippen LogP contribution is 2.44. The summed E-state index contributed by atoms with van der Waals surface area (Å²) in [5.74, 6) is -0.796. The first kappa shape index (κ1) is 31.2. The van der Waals surface area contributed by atoms with Crippen molar-refractivity contribution in [2.45, 2.75) is 62.7 Å². The summed E-state index contributed by atoms with van der Waals surface area (Å²) in [6.45, 7) is 3.18. The van der Waals surface area contributed by atoms with Crippen LogP contribution in [0, 0.1) is 5.92 Å². The quantitative estimate of drug-likeness (QED) is 0.181. The summed E-state index contributed by atoms with van der Waals surface area (Å²) in [5, 5.41) is 16.1. The van der Waals surface area contributed by atoms with E-state index in [0.29, 0.717) is 40.7 Å². The van der Waals surface area contributed by atoms with Gasteiger partial charge >= 0.3 is 12.1 Å². The average molecular weight is 636 g/mol. The molecular weight excluding hydrogens is 599 g/mol. The molecule has 2 N–H and O–H groups in total. The maximum Gasteiger partial charge on any atom is 0.416 e. The molecule has 6 nitrogen and oxygen atoms in total. The Morgan fingerprint density at radius 1 is 1.04 bits per heavy atom. The van der Waals surface area contributed by atoms with Gasteiger partial charge in [0.15, 0.2) is 0 Å². The minimum atomic E-state index is -4.58. The third kappa shape index (κ3) is 6.35. The van der Waals surface area contributed by atoms with Gasteiger partial charge in [-0.1, -0.05) is 74.4 Å². The van der Waals surface area contributed by atoms with Crippen LogP contribution in [0.4, 0.5) is 18.9 Å². The fourth-order valence-electron chi connectivity index (χ4n) is 6.70. The molecular formula is C35H36F3N3O3S. The standard InChI is InChI=1S/C35H36F3N3O3S/c1-2-17-40-21-29(34(43)44)41-32(42)31(39-20-22-9-3-4-10-22)28(19-24-13-7-12-23-11-5-6-16-27(23)24)30(33(41)45-40)25-14-8-15-26(18-25)35(36,37)38/h5-8,11-16,18,22,29,39H,2-4,9-10,17,19-21H2,1H3,(H,43,44). The molecule has 0 radical (unpaired) electrons. The van der Waals surface area contributed by atoms with E-state index in [4.69, 9.17) is 0 Å². The average Bonchev–Trinajstić information content (AvgIpc) is 3.54. The predicted molar refractivity (Wildman–Crippen MR) is 173 cm³/mol. The highest BCUT2D eigenvalue weighted by atomic mass is 32.2. The van der Waals surface area contributed by atoms with Crippen LogP contribution in [0.5, 0.6) is 0 Å². The van der Waals surface area contributed by atoms with Crippen molar-refractivity contribution in [3.63, 3.8) is 0 Å². The van der Waals surface area contributed by atoms with Crippen LogP contribution < -0.4 is 10.9 Å². The Bertz CT molecular complexity index is 1780. The number of pyridine rings is 1. The molecule has 236 valence electrons. The number of carboxylic acids is 1. The molecule has 6 rings (SSSR count). The number of anilines is 1. The zero-order valence-corrected chi connectivity index (χ0v) is 25.9. The fourth-order valence-corrected chi connectivity index (χ4v) is 8.07. The van der Waals surface area contributed by atoms with Crippen molar-refractivity contribution in [2.24, 2.45) is 5.92 Å². The first-order chi connectivity index (χ1) is 21.7. The van der Waals surface area contributed by atoms with Gasteiger partial charge in [0, 0.05) is 31.6 Å². The smallest absolute Gasteiger partial charge is 0.416 e. The number of hydrogen-bond donors (Lipinski definition) is 2. The Balaban J connectivity index is 1.66. The first-order valence-corrected chi connectivity index (χ1v) is 16.3. The van der Waals surface area contributed by atoms with Crippen molar-refractivity contribution in [3.05, 3.63) is 93.8 Å². The first-order valence-electron chi connectivity index (χ1n) is 15.5. The minimum Gasteiger partial charge on any atom is -0.480 e. The lowest BCUT2D eigenvalue weighted by atomic mass is 9.91. The van der Waals surface area contributed by atoms with Crippen LogP contribution in [0.1, 0.15) is 61.8 Å². The maximum absolute atomic E-state index is 14.5. The summed E-state index contributed by atoms with van der Waals surface area (Å²) >= 11 is 1.26. The number of hydrogen-bond acceptors (Lipinski definition) is 5. The van der Waals surface area contributed by atoms with Gasteiger partial charge in [0.2, 0.25) is 0 Å². The van der Waals surface area contributed by atoms with E-state index in [1.165, 1.54) is 22.6 Å². The van der Waals surface area contributed by atoms with Crippen molar-refractivity contribution in [3.8, 4) is 11.1 Å². The Hall–Kier alpha value is -3.76. The molecule has 2 heterocycles. The molecule has 1 aromatic heterocycles. The second-order valence-corrected chi connectivity index (χ2v) is 13.1. The van der Waals surface area contributed by atoms with E-state index in [9.17, 15) is 27.9 Å². The molecule has 1 saturated carbocycles. The van der Waals surface area contributed by atoms with E-state index in [0.717, 1.165) is 60.6 Å². The molecule has 2 aliphatic rings. The van der Waals surface area contributed by atoms with E-state index >= 15 is 0 Å². The number of nitrogens with zero attached hydrogens (tertiary/aromatic N) is 2. The largest absolute Gasteiger partial charge is 0.480 e. The number of carboxylic acid groups (broad SMARTS) is 1. The van der Waals surface area contributed by atoms with Gasteiger partial charge in [0.25, 0.3) is 5.56 Å². The number of rotatable bonds is 9. The zero-order valence-electron chi connectivity index (χ0n) is 25.1. The van der Waals surface area contributed by atoms with Gasteiger partial charge < -0.3 is 10.4 Å². The molecule has 1 aliphatic heterocycles. The molecule has 3 aromatic carbocycles. The van der Waals surface area contributed by atoms with Gasteiger partial charge in [-0.05, 0) is 76.7 Å². The topological polar surface area (TPSA) is 74.6 Å². The number of benzene rings is 3. The second-order valence-electron chi connectivity index (χ2n) is 12.0. The minimum absolute atomic E-state index is 0.105. The number of fused-ring (bicyclic) bond motifs is 2. The summed E-state index contributed by atoms with van der Waals surface area (Å²) in [5.41, 5.74) is 1.27. The zero-order chi connectivity index (χ0) is 31.7. The van der Waals surface area contributed by atoms with Crippen molar-refractivity contribution >= 4 is 34.4 Å². The monoisotopic (exact) mass is 635 g/mol. The van der Waals surface area contributed by atoms with Gasteiger partial charge in [-0.25, -0.2) is 9.10 Å². The molecule has 0 amide bonds. The normalized spacial score (nSPS) is 17.5. The number of aliphatic carboxylic acids is 1. The predicted octanol–water partition coefficient (Wildman–Crippen LogP) is 8.24. The van der Waals surface area contributed by atoms with Gasteiger partial charge in [0.05, 0.1) is 5.56 Å². The highest BCUT2D eigenvalue weighted by Gasteiger charge is 2.37. The van der Waals surface area contributed by atoms with Crippen LogP contribution in [0.15, 0.2) is 76.6 Å². The summed E-state index contributed by atoms with van der Waals surface area (Å²) in [6, 6.07) is 17.8. The van der Waals surface area contributed by atoms with Crippen molar-refractivity contribution in [1.82, 2.24) is 8.87 Å². The van der Waals surface area contributed by atoms with E-state index < -0.39 is 29.3 Å². The van der Waals surface area contributed by atoms with Crippen LogP contribution in [0.25, 0.3) is 21.9 Å². The number of aromatic nitrogens is 1. The number of halogens is 3. The maximum atomic E-state index is 14.5. The van der Waals surface area contributed by atoms with Gasteiger partial charge in [-0.3, -0.25) is 9.36 Å². The molecule has 0 saturated heterocycles. The van der Waals surface area contributed by atoms with Gasteiger partial charge in [-0.2, -0.15) is 13.2 Å². The van der Waals surface area contributed by atoms with Crippen molar-refractivity contribution in [2.75, 3.05) is 25.0 Å². The number of alkyl halides is 3. The molecule has 0 spiro atoms. The molecule has 0 bridgehead atoms. The third-order valence-electron chi connectivity index (χ3n) is 8.90. The summed E-state index contributed by atoms with van der Waals surface area (Å²) < 4.78 is 45.4. The summed E-state index contributed by atoms with van der Waals surface area (Å²) in [4.78, 5) is 27.2. The van der Waals surface area contributed by atoms with Crippen LogP contribution >= 0.6 is 11.9 Å². The Labute approximate surface area is 264 Å². The Morgan fingerprint density at radius 3 is 2.51 bits per heavy atom. The van der Waals surface area contributed by atoms with E-state index in [2.05, 4.69) is 5.32 Å². The lowest BCUT2D eigenvalue weighted by Crippen LogP contribution is -2.43. The molecule has 45 heavy (non-hydrogen) atoms. The van der Waals surface area contributed by atoms with Crippen molar-refractivity contribution < 1.29 is 23.1 Å². The molecule has 4 aromatic rings. The summed E-state index contributed by atoms with van der Waals surface area (Å²) in [6.07, 6.45) is 0.709. The van der Waals surface area contributed by atoms with Crippen LogP contribution in [0.2, 0.25) is 0 Å². The lowest BCUT2D eigenvalue weighted by Gasteiger charge is -2.35. The molecule has 1 aliphatic carbocycles.